The molecule has 0 saturated heterocycles. The lowest BCUT2D eigenvalue weighted by atomic mass is 9.97. The molecule has 2 aromatic rings. The molecule has 122 valence electrons. The van der Waals surface area contributed by atoms with Crippen molar-refractivity contribution >= 4 is 40.8 Å². The van der Waals surface area contributed by atoms with Gasteiger partial charge in [-0.1, -0.05) is 34.8 Å². The molecule has 0 N–H and O–H groups in total. The molecule has 0 atom stereocenters. The third-order valence-electron chi connectivity index (χ3n) is 2.90. The van der Waals surface area contributed by atoms with Crippen LogP contribution in [0.25, 0.3) is 11.1 Å². The van der Waals surface area contributed by atoms with Gasteiger partial charge >= 0.3 is 12.1 Å². The number of nitrogens with zero attached hydrogens (tertiary/aromatic N) is 1. The Bertz CT molecular complexity index is 779. The fraction of sp³-hybridized carbons (Fsp3) is 0.143. The largest absolute Gasteiger partial charge is 0.465 e. The number of esters is 1. The minimum atomic E-state index is -4.81. The van der Waals surface area contributed by atoms with E-state index >= 15 is 0 Å². The first-order valence-electron chi connectivity index (χ1n) is 5.96. The lowest BCUT2D eigenvalue weighted by molar-refractivity contribution is -0.140. The molecule has 3 nitrogen and oxygen atoms in total. The Hall–Kier alpha value is -1.50. The second-order valence-corrected chi connectivity index (χ2v) is 5.54. The molecule has 1 aromatic carbocycles. The van der Waals surface area contributed by atoms with Crippen LogP contribution in [0.4, 0.5) is 13.2 Å². The van der Waals surface area contributed by atoms with Crippen molar-refractivity contribution in [1.29, 1.82) is 0 Å². The van der Waals surface area contributed by atoms with E-state index in [0.717, 1.165) is 25.4 Å². The van der Waals surface area contributed by atoms with Crippen molar-refractivity contribution in [2.45, 2.75) is 6.18 Å². The number of aromatic nitrogens is 1. The number of ether oxygens (including phenoxy) is 1. The summed E-state index contributed by atoms with van der Waals surface area (Å²) in [6.45, 7) is 0. The molecule has 1 heterocycles. The highest BCUT2D eigenvalue weighted by molar-refractivity contribution is 6.44. The molecular formula is C14H7Cl3F3NO2. The molecule has 23 heavy (non-hydrogen) atoms. The number of carbonyl (C=O) groups is 1. The molecule has 1 aromatic heterocycles. The Morgan fingerprint density at radius 1 is 1.13 bits per heavy atom. The van der Waals surface area contributed by atoms with Gasteiger partial charge in [-0.25, -0.2) is 4.79 Å². The maximum Gasteiger partial charge on any atom is 0.433 e. The molecule has 0 bridgehead atoms. The van der Waals surface area contributed by atoms with Crippen molar-refractivity contribution in [2.24, 2.45) is 0 Å². The van der Waals surface area contributed by atoms with E-state index in [1.807, 2.05) is 0 Å². The van der Waals surface area contributed by atoms with Gasteiger partial charge in [0.15, 0.2) is 5.69 Å². The first kappa shape index (κ1) is 17.8. The van der Waals surface area contributed by atoms with Gasteiger partial charge in [0.25, 0.3) is 0 Å². The van der Waals surface area contributed by atoms with Crippen molar-refractivity contribution in [3.05, 3.63) is 50.7 Å². The highest BCUT2D eigenvalue weighted by Crippen LogP contribution is 2.42. The van der Waals surface area contributed by atoms with Crippen LogP contribution in [0.3, 0.4) is 0 Å². The Morgan fingerprint density at radius 3 is 2.30 bits per heavy atom. The zero-order valence-corrected chi connectivity index (χ0v) is 13.6. The van der Waals surface area contributed by atoms with Gasteiger partial charge in [0, 0.05) is 17.3 Å². The van der Waals surface area contributed by atoms with Gasteiger partial charge in [0.05, 0.1) is 27.7 Å². The third-order valence-corrected chi connectivity index (χ3v) is 3.94. The molecule has 0 aliphatic carbocycles. The van der Waals surface area contributed by atoms with E-state index in [2.05, 4.69) is 9.72 Å². The summed E-state index contributed by atoms with van der Waals surface area (Å²) < 4.78 is 44.4. The number of carbonyl (C=O) groups excluding carboxylic acids is 1. The van der Waals surface area contributed by atoms with Crippen LogP contribution < -0.4 is 0 Å². The normalized spacial score (nSPS) is 11.4. The van der Waals surface area contributed by atoms with Gasteiger partial charge in [-0.15, -0.1) is 0 Å². The summed E-state index contributed by atoms with van der Waals surface area (Å²) in [5.41, 5.74) is -2.26. The average Bonchev–Trinajstić information content (AvgIpc) is 2.48. The summed E-state index contributed by atoms with van der Waals surface area (Å²) in [5.74, 6) is -0.963. The van der Waals surface area contributed by atoms with E-state index in [1.54, 1.807) is 0 Å². The van der Waals surface area contributed by atoms with Gasteiger partial charge in [0.1, 0.15) is 0 Å². The summed E-state index contributed by atoms with van der Waals surface area (Å²) >= 11 is 17.6. The van der Waals surface area contributed by atoms with Crippen molar-refractivity contribution in [1.82, 2.24) is 4.98 Å². The lowest BCUT2D eigenvalue weighted by Crippen LogP contribution is -2.14. The predicted molar refractivity (Wildman–Crippen MR) is 81.0 cm³/mol. The number of pyridine rings is 1. The van der Waals surface area contributed by atoms with Crippen LogP contribution in [0.5, 0.6) is 0 Å². The summed E-state index contributed by atoms with van der Waals surface area (Å²) in [6, 6.07) is 3.44. The maximum absolute atomic E-state index is 13.3. The van der Waals surface area contributed by atoms with E-state index in [-0.39, 0.29) is 26.2 Å². The van der Waals surface area contributed by atoms with Gasteiger partial charge < -0.3 is 4.74 Å². The van der Waals surface area contributed by atoms with Crippen molar-refractivity contribution in [2.75, 3.05) is 7.11 Å². The minimum absolute atomic E-state index is 0.0149. The second-order valence-electron chi connectivity index (χ2n) is 4.32. The first-order chi connectivity index (χ1) is 10.7. The fourth-order valence-corrected chi connectivity index (χ4v) is 2.58. The third kappa shape index (κ3) is 3.54. The van der Waals surface area contributed by atoms with E-state index in [4.69, 9.17) is 34.8 Å². The van der Waals surface area contributed by atoms with Gasteiger partial charge in [-0.05, 0) is 18.2 Å². The molecule has 0 aliphatic heterocycles. The van der Waals surface area contributed by atoms with Crippen LogP contribution in [0.1, 0.15) is 16.1 Å². The summed E-state index contributed by atoms with van der Waals surface area (Å²) in [7, 11) is 1.05. The molecule has 0 spiro atoms. The monoisotopic (exact) mass is 383 g/mol. The van der Waals surface area contributed by atoms with Crippen molar-refractivity contribution in [3.63, 3.8) is 0 Å². The zero-order chi connectivity index (χ0) is 17.4. The standard InChI is InChI=1S/C14H7Cl3F3NO2/c1-23-13(22)6-2-3-21-12(14(18,19)20)11(6)7-4-9(16)10(17)5-8(7)15/h2-5H,1H3. The molecule has 0 saturated carbocycles. The van der Waals surface area contributed by atoms with Gasteiger partial charge in [0.2, 0.25) is 0 Å². The molecule has 0 aliphatic rings. The Morgan fingerprint density at radius 2 is 1.74 bits per heavy atom. The van der Waals surface area contributed by atoms with E-state index in [1.165, 1.54) is 6.07 Å². The van der Waals surface area contributed by atoms with Crippen LogP contribution in [0, 0.1) is 0 Å². The smallest absolute Gasteiger partial charge is 0.433 e. The van der Waals surface area contributed by atoms with Crippen LogP contribution >= 0.6 is 34.8 Å². The molecule has 0 amide bonds. The average molecular weight is 385 g/mol. The number of rotatable bonds is 2. The Balaban J connectivity index is 2.88. The number of hydrogen-bond acceptors (Lipinski definition) is 3. The molecular weight excluding hydrogens is 378 g/mol. The molecule has 0 fully saturated rings. The Kier molecular flexibility index (Phi) is 5.08. The minimum Gasteiger partial charge on any atom is -0.465 e. The fourth-order valence-electron chi connectivity index (χ4n) is 1.94. The number of benzene rings is 1. The summed E-state index contributed by atoms with van der Waals surface area (Å²) in [4.78, 5) is 15.2. The number of halogens is 6. The molecule has 0 unspecified atom stereocenters. The summed E-state index contributed by atoms with van der Waals surface area (Å²) in [5, 5.41) is -0.0561. The lowest BCUT2D eigenvalue weighted by Gasteiger charge is -2.16. The van der Waals surface area contributed by atoms with Crippen LogP contribution in [-0.2, 0) is 10.9 Å². The zero-order valence-electron chi connectivity index (χ0n) is 11.3. The molecule has 9 heteroatoms. The SMILES string of the molecule is COC(=O)c1ccnc(C(F)(F)F)c1-c1cc(Cl)c(Cl)cc1Cl. The van der Waals surface area contributed by atoms with E-state index in [9.17, 15) is 18.0 Å². The van der Waals surface area contributed by atoms with Crippen LogP contribution in [0.2, 0.25) is 15.1 Å². The quantitative estimate of drug-likeness (QED) is 0.506. The number of hydrogen-bond donors (Lipinski definition) is 0. The number of methoxy groups -OCH3 is 1. The van der Waals surface area contributed by atoms with E-state index < -0.39 is 23.4 Å². The van der Waals surface area contributed by atoms with Crippen LogP contribution in [0.15, 0.2) is 24.4 Å². The van der Waals surface area contributed by atoms with Gasteiger partial charge in [-0.2, -0.15) is 13.2 Å². The van der Waals surface area contributed by atoms with Crippen molar-refractivity contribution in [3.8, 4) is 11.1 Å². The summed E-state index contributed by atoms with van der Waals surface area (Å²) in [6.07, 6.45) is -3.95. The van der Waals surface area contributed by atoms with Gasteiger partial charge in [-0.3, -0.25) is 4.98 Å². The number of alkyl halides is 3. The second kappa shape index (κ2) is 6.55. The molecule has 2 rings (SSSR count). The van der Waals surface area contributed by atoms with E-state index in [0.29, 0.717) is 0 Å². The highest BCUT2D eigenvalue weighted by atomic mass is 35.5. The van der Waals surface area contributed by atoms with Crippen molar-refractivity contribution < 1.29 is 22.7 Å². The predicted octanol–water partition coefficient (Wildman–Crippen LogP) is 5.51. The first-order valence-corrected chi connectivity index (χ1v) is 7.09. The Labute approximate surface area is 143 Å². The topological polar surface area (TPSA) is 39.2 Å². The maximum atomic E-state index is 13.3. The molecule has 0 radical (unpaired) electrons. The van der Waals surface area contributed by atoms with Crippen LogP contribution in [-0.4, -0.2) is 18.1 Å². The highest BCUT2D eigenvalue weighted by Gasteiger charge is 2.38.